The Balaban J connectivity index is 1.51. The molecule has 8 nitrogen and oxygen atoms in total. The van der Waals surface area contributed by atoms with Crippen LogP contribution in [0.25, 0.3) is 0 Å². The Kier molecular flexibility index (Phi) is 5.50. The molecule has 3 rings (SSSR count). The Hall–Kier alpha value is -2.90. The fourth-order valence-electron chi connectivity index (χ4n) is 2.97. The van der Waals surface area contributed by atoms with E-state index in [1.165, 1.54) is 4.90 Å². The third kappa shape index (κ3) is 4.19. The molecule has 0 aliphatic carbocycles. The molecule has 26 heavy (non-hydrogen) atoms. The highest BCUT2D eigenvalue weighted by Gasteiger charge is 2.37. The summed E-state index contributed by atoms with van der Waals surface area (Å²) in [6, 6.07) is 9.30. The summed E-state index contributed by atoms with van der Waals surface area (Å²) in [7, 11) is 0. The summed E-state index contributed by atoms with van der Waals surface area (Å²) in [5.41, 5.74) is 0.875. The number of ether oxygens (including phenoxy) is 1. The maximum absolute atomic E-state index is 12.2. The van der Waals surface area contributed by atoms with Gasteiger partial charge in [-0.1, -0.05) is 30.3 Å². The third-order valence-corrected chi connectivity index (χ3v) is 4.41. The van der Waals surface area contributed by atoms with Crippen LogP contribution < -0.4 is 0 Å². The largest absolute Gasteiger partial charge is 0.445 e. The molecule has 3 amide bonds. The topological polar surface area (TPSA) is 93.2 Å². The lowest BCUT2D eigenvalue weighted by Gasteiger charge is -2.31. The van der Waals surface area contributed by atoms with E-state index in [0.29, 0.717) is 24.4 Å². The Labute approximate surface area is 150 Å². The minimum atomic E-state index is -0.672. The Bertz CT molecular complexity index is 689. The van der Waals surface area contributed by atoms with Gasteiger partial charge < -0.3 is 14.5 Å². The van der Waals surface area contributed by atoms with Crippen LogP contribution in [0.5, 0.6) is 0 Å². The van der Waals surface area contributed by atoms with Gasteiger partial charge in [-0.3, -0.25) is 9.59 Å². The fourth-order valence-corrected chi connectivity index (χ4v) is 2.97. The molecule has 2 saturated heterocycles. The Morgan fingerprint density at radius 2 is 1.77 bits per heavy atom. The number of carbonyl (C=O) groups is 4. The van der Waals surface area contributed by atoms with Crippen molar-refractivity contribution in [3.8, 4) is 0 Å². The Morgan fingerprint density at radius 1 is 1.08 bits per heavy atom. The molecule has 2 aliphatic heterocycles. The van der Waals surface area contributed by atoms with Crippen LogP contribution in [-0.2, 0) is 30.6 Å². The van der Waals surface area contributed by atoms with Gasteiger partial charge in [0.2, 0.25) is 0 Å². The van der Waals surface area contributed by atoms with Gasteiger partial charge in [-0.15, -0.1) is 5.06 Å². The molecule has 0 N–H and O–H groups in total. The number of carbonyl (C=O) groups excluding carboxylic acids is 4. The maximum atomic E-state index is 12.2. The lowest BCUT2D eigenvalue weighted by Crippen LogP contribution is -2.44. The number of hydrogen-bond acceptors (Lipinski definition) is 6. The first kappa shape index (κ1) is 17.9. The first-order chi connectivity index (χ1) is 12.5. The van der Waals surface area contributed by atoms with Crippen molar-refractivity contribution >= 4 is 23.9 Å². The number of likely N-dealkylation sites (tertiary alicyclic amines) is 1. The van der Waals surface area contributed by atoms with Crippen LogP contribution >= 0.6 is 0 Å². The van der Waals surface area contributed by atoms with E-state index in [4.69, 9.17) is 9.57 Å². The predicted octanol–water partition coefficient (Wildman–Crippen LogP) is 1.64. The normalized spacial score (nSPS) is 20.2. The minimum absolute atomic E-state index is 0.0503. The van der Waals surface area contributed by atoms with Crippen LogP contribution in [0.1, 0.15) is 31.2 Å². The van der Waals surface area contributed by atoms with E-state index in [1.54, 1.807) is 0 Å². The molecular formula is C18H20N2O6. The molecule has 1 atom stereocenters. The summed E-state index contributed by atoms with van der Waals surface area (Å²) in [6.45, 7) is 0.781. The van der Waals surface area contributed by atoms with Crippen molar-refractivity contribution in [2.75, 3.05) is 13.1 Å². The molecule has 0 radical (unpaired) electrons. The van der Waals surface area contributed by atoms with Gasteiger partial charge in [0.1, 0.15) is 6.61 Å². The first-order valence-corrected chi connectivity index (χ1v) is 8.58. The highest BCUT2D eigenvalue weighted by atomic mass is 16.7. The summed E-state index contributed by atoms with van der Waals surface area (Å²) in [4.78, 5) is 53.9. The summed E-state index contributed by atoms with van der Waals surface area (Å²) >= 11 is 0. The van der Waals surface area contributed by atoms with Crippen molar-refractivity contribution in [3.63, 3.8) is 0 Å². The summed E-state index contributed by atoms with van der Waals surface area (Å²) < 4.78 is 5.28. The van der Waals surface area contributed by atoms with Crippen LogP contribution in [0.15, 0.2) is 30.3 Å². The molecule has 2 aliphatic rings. The molecule has 8 heteroatoms. The van der Waals surface area contributed by atoms with Crippen molar-refractivity contribution in [1.82, 2.24) is 9.96 Å². The molecule has 138 valence electrons. The SMILES string of the molecule is O=C(ON1C(=O)CCC1=O)[C@@H]1CCCN(C(=O)OCc2ccccc2)C1. The van der Waals surface area contributed by atoms with Crippen LogP contribution in [0.2, 0.25) is 0 Å². The van der Waals surface area contributed by atoms with Crippen LogP contribution in [0, 0.1) is 5.92 Å². The van der Waals surface area contributed by atoms with Gasteiger partial charge in [-0.25, -0.2) is 9.59 Å². The maximum Gasteiger partial charge on any atom is 0.410 e. The lowest BCUT2D eigenvalue weighted by molar-refractivity contribution is -0.201. The molecule has 0 aromatic heterocycles. The van der Waals surface area contributed by atoms with Gasteiger partial charge in [-0.2, -0.15) is 0 Å². The van der Waals surface area contributed by atoms with E-state index in [9.17, 15) is 19.2 Å². The molecule has 1 aromatic carbocycles. The second kappa shape index (κ2) is 7.99. The number of imide groups is 1. The van der Waals surface area contributed by atoms with Crippen molar-refractivity contribution < 1.29 is 28.8 Å². The lowest BCUT2D eigenvalue weighted by atomic mass is 9.99. The highest BCUT2D eigenvalue weighted by Crippen LogP contribution is 2.21. The summed E-state index contributed by atoms with van der Waals surface area (Å²) in [5, 5.41) is 0.537. The van der Waals surface area contributed by atoms with Gasteiger partial charge in [0.05, 0.1) is 5.92 Å². The van der Waals surface area contributed by atoms with E-state index in [2.05, 4.69) is 0 Å². The summed E-state index contributed by atoms with van der Waals surface area (Å²) in [6.07, 6.45) is 0.739. The number of benzene rings is 1. The second-order valence-electron chi connectivity index (χ2n) is 6.32. The van der Waals surface area contributed by atoms with E-state index in [1.807, 2.05) is 30.3 Å². The number of rotatable bonds is 4. The van der Waals surface area contributed by atoms with Gasteiger partial charge in [-0.05, 0) is 18.4 Å². The van der Waals surface area contributed by atoms with Gasteiger partial charge >= 0.3 is 12.1 Å². The van der Waals surface area contributed by atoms with Crippen LogP contribution in [-0.4, -0.2) is 46.9 Å². The minimum Gasteiger partial charge on any atom is -0.445 e. The zero-order valence-electron chi connectivity index (χ0n) is 14.3. The smallest absolute Gasteiger partial charge is 0.410 e. The predicted molar refractivity (Wildman–Crippen MR) is 88.1 cm³/mol. The zero-order chi connectivity index (χ0) is 18.5. The van der Waals surface area contributed by atoms with Crippen molar-refractivity contribution in [1.29, 1.82) is 0 Å². The average molecular weight is 360 g/mol. The van der Waals surface area contributed by atoms with Crippen molar-refractivity contribution in [2.24, 2.45) is 5.92 Å². The monoisotopic (exact) mass is 360 g/mol. The van der Waals surface area contributed by atoms with Gasteiger partial charge in [0, 0.05) is 25.9 Å². The molecule has 0 saturated carbocycles. The number of piperidine rings is 1. The molecule has 1 aromatic rings. The molecule has 0 spiro atoms. The van der Waals surface area contributed by atoms with E-state index < -0.39 is 29.8 Å². The van der Waals surface area contributed by atoms with Gasteiger partial charge in [0.15, 0.2) is 0 Å². The average Bonchev–Trinajstić information content (AvgIpc) is 2.99. The quantitative estimate of drug-likeness (QED) is 0.758. The number of nitrogens with zero attached hydrogens (tertiary/aromatic N) is 2. The molecule has 0 unspecified atom stereocenters. The summed E-state index contributed by atoms with van der Waals surface area (Å²) in [5.74, 6) is -2.29. The van der Waals surface area contributed by atoms with E-state index in [0.717, 1.165) is 5.56 Å². The first-order valence-electron chi connectivity index (χ1n) is 8.58. The zero-order valence-corrected chi connectivity index (χ0v) is 14.3. The van der Waals surface area contributed by atoms with Crippen LogP contribution in [0.4, 0.5) is 4.79 Å². The Morgan fingerprint density at radius 3 is 2.46 bits per heavy atom. The molecular weight excluding hydrogens is 340 g/mol. The molecule has 2 heterocycles. The van der Waals surface area contributed by atoms with E-state index >= 15 is 0 Å². The molecule has 2 fully saturated rings. The second-order valence-corrected chi connectivity index (χ2v) is 6.32. The highest BCUT2D eigenvalue weighted by molar-refractivity contribution is 6.01. The number of amides is 3. The number of hydroxylamine groups is 2. The van der Waals surface area contributed by atoms with Gasteiger partial charge in [0.25, 0.3) is 11.8 Å². The number of hydrogen-bond donors (Lipinski definition) is 0. The standard InChI is InChI=1S/C18H20N2O6/c21-15-8-9-16(22)20(15)26-17(23)14-7-4-10-19(11-14)18(24)25-12-13-5-2-1-3-6-13/h1-3,5-6,14H,4,7-12H2/t14-/m1/s1. The van der Waals surface area contributed by atoms with Crippen molar-refractivity contribution in [2.45, 2.75) is 32.3 Å². The van der Waals surface area contributed by atoms with Crippen LogP contribution in [0.3, 0.4) is 0 Å². The van der Waals surface area contributed by atoms with E-state index in [-0.39, 0.29) is 26.0 Å². The molecule has 0 bridgehead atoms. The van der Waals surface area contributed by atoms with Crippen molar-refractivity contribution in [3.05, 3.63) is 35.9 Å². The fraction of sp³-hybridized carbons (Fsp3) is 0.444. The third-order valence-electron chi connectivity index (χ3n) is 4.41.